The van der Waals surface area contributed by atoms with E-state index in [1.807, 2.05) is 54.6 Å². The van der Waals surface area contributed by atoms with Gasteiger partial charge in [0.1, 0.15) is 33.7 Å². The molecule has 0 aliphatic heterocycles. The molecule has 0 radical (unpaired) electrons. The van der Waals surface area contributed by atoms with E-state index in [9.17, 15) is 0 Å². The third kappa shape index (κ3) is 5.76. The maximum atomic E-state index is 6.70. The highest BCUT2D eigenvalue weighted by Crippen LogP contribution is 2.45. The van der Waals surface area contributed by atoms with E-state index in [-0.39, 0.29) is 0 Å². The third-order valence-corrected chi connectivity index (χ3v) is 11.9. The van der Waals surface area contributed by atoms with Gasteiger partial charge in [0.2, 0.25) is 0 Å². The molecule has 0 aliphatic rings. The predicted octanol–water partition coefficient (Wildman–Crippen LogP) is 15.4. The first kappa shape index (κ1) is 35.6. The molecule has 0 fully saturated rings. The zero-order chi connectivity index (χ0) is 41.3. The standard InChI is InChI=1S/C56H35N3O3/c1-3-4-20-46-33(2)40-28-27-38(31-49(40)60-46)55-57-54(36-25-23-35(24-26-36)34-14-6-5-7-15-34)58-56(59-55)45-30-39(32-50-51(45)42-18-10-12-21-47(42)61-50)44-29-37-16-8-9-17-41(37)53-52(44)43-19-11-13-22-48(43)62-53/h3-32H,1H2,2H3/b20-4-. The highest BCUT2D eigenvalue weighted by Gasteiger charge is 2.23. The van der Waals surface area contributed by atoms with Gasteiger partial charge in [0, 0.05) is 54.6 Å². The van der Waals surface area contributed by atoms with Gasteiger partial charge in [0.25, 0.3) is 0 Å². The molecular formula is C56H35N3O3. The molecule has 0 unspecified atom stereocenters. The van der Waals surface area contributed by atoms with Gasteiger partial charge < -0.3 is 13.3 Å². The van der Waals surface area contributed by atoms with Crippen molar-refractivity contribution in [2.24, 2.45) is 0 Å². The average molecular weight is 798 g/mol. The molecule has 0 amide bonds. The number of benzene rings is 8. The lowest BCUT2D eigenvalue weighted by Gasteiger charge is -2.12. The summed E-state index contributed by atoms with van der Waals surface area (Å²) in [4.78, 5) is 15.8. The van der Waals surface area contributed by atoms with E-state index in [0.717, 1.165) is 116 Å². The molecule has 6 nitrogen and oxygen atoms in total. The number of hydrogen-bond acceptors (Lipinski definition) is 6. The van der Waals surface area contributed by atoms with E-state index in [0.29, 0.717) is 17.5 Å². The van der Waals surface area contributed by atoms with Crippen LogP contribution in [0.4, 0.5) is 0 Å². The molecule has 8 aromatic carbocycles. The molecule has 4 aromatic heterocycles. The predicted molar refractivity (Wildman–Crippen MR) is 253 cm³/mol. The number of hydrogen-bond donors (Lipinski definition) is 0. The Bertz CT molecular complexity index is 3780. The molecule has 0 aliphatic carbocycles. The van der Waals surface area contributed by atoms with E-state index >= 15 is 0 Å². The molecule has 0 N–H and O–H groups in total. The zero-order valence-corrected chi connectivity index (χ0v) is 33.6. The van der Waals surface area contributed by atoms with Gasteiger partial charge in [-0.05, 0) is 77.0 Å². The molecular weight excluding hydrogens is 763 g/mol. The SMILES string of the molecule is C=C/C=C\c1oc2cc(-c3nc(-c4ccc(-c5ccccc5)cc4)nc(-c4cc(-c5cc6ccccc6c6oc7ccccc7c56)cc5oc6ccccc6c45)n3)ccc2c1C. The maximum absolute atomic E-state index is 6.70. The van der Waals surface area contributed by atoms with E-state index < -0.39 is 0 Å². The monoisotopic (exact) mass is 797 g/mol. The fourth-order valence-electron chi connectivity index (χ4n) is 8.87. The Balaban J connectivity index is 1.13. The lowest BCUT2D eigenvalue weighted by Crippen LogP contribution is -2.01. The summed E-state index contributed by atoms with van der Waals surface area (Å²) in [5.41, 5.74) is 11.7. The van der Waals surface area contributed by atoms with Crippen molar-refractivity contribution in [3.8, 4) is 56.4 Å². The molecule has 0 saturated heterocycles. The fraction of sp³-hybridized carbons (Fsp3) is 0.0179. The second-order valence-electron chi connectivity index (χ2n) is 15.6. The zero-order valence-electron chi connectivity index (χ0n) is 33.6. The molecule has 12 rings (SSSR count). The summed E-state index contributed by atoms with van der Waals surface area (Å²) in [6.45, 7) is 5.89. The van der Waals surface area contributed by atoms with Crippen LogP contribution in [0.2, 0.25) is 0 Å². The summed E-state index contributed by atoms with van der Waals surface area (Å²) >= 11 is 0. The average Bonchev–Trinajstić information content (AvgIpc) is 4.01. The number of furan rings is 3. The van der Waals surface area contributed by atoms with Gasteiger partial charge in [-0.2, -0.15) is 0 Å². The molecule has 292 valence electrons. The Kier molecular flexibility index (Phi) is 8.12. The number of fused-ring (bicyclic) bond motifs is 9. The van der Waals surface area contributed by atoms with Gasteiger partial charge in [-0.15, -0.1) is 0 Å². The van der Waals surface area contributed by atoms with Crippen LogP contribution in [0, 0.1) is 6.92 Å². The minimum absolute atomic E-state index is 0.523. The molecule has 0 atom stereocenters. The highest BCUT2D eigenvalue weighted by atomic mass is 16.3. The van der Waals surface area contributed by atoms with Crippen LogP contribution in [-0.4, -0.2) is 15.0 Å². The number of aromatic nitrogens is 3. The van der Waals surface area contributed by atoms with E-state index in [1.165, 1.54) is 0 Å². The van der Waals surface area contributed by atoms with E-state index in [4.69, 9.17) is 28.2 Å². The minimum Gasteiger partial charge on any atom is -0.456 e. The number of rotatable bonds is 7. The van der Waals surface area contributed by atoms with Crippen LogP contribution in [0.5, 0.6) is 0 Å². The normalized spacial score (nSPS) is 12.0. The van der Waals surface area contributed by atoms with Gasteiger partial charge in [0.15, 0.2) is 17.5 Å². The number of aryl methyl sites for hydroxylation is 1. The molecule has 12 aromatic rings. The lowest BCUT2D eigenvalue weighted by molar-refractivity contribution is 0.601. The molecule has 62 heavy (non-hydrogen) atoms. The van der Waals surface area contributed by atoms with Crippen molar-refractivity contribution in [2.75, 3.05) is 0 Å². The second-order valence-corrected chi connectivity index (χ2v) is 15.6. The quantitative estimate of drug-likeness (QED) is 0.149. The van der Waals surface area contributed by atoms with Crippen molar-refractivity contribution in [2.45, 2.75) is 6.92 Å². The summed E-state index contributed by atoms with van der Waals surface area (Å²) in [6, 6.07) is 56.3. The topological polar surface area (TPSA) is 78.1 Å². The van der Waals surface area contributed by atoms with E-state index in [2.05, 4.69) is 135 Å². The van der Waals surface area contributed by atoms with Gasteiger partial charge >= 0.3 is 0 Å². The van der Waals surface area contributed by atoms with Crippen molar-refractivity contribution < 1.29 is 13.3 Å². The summed E-state index contributed by atoms with van der Waals surface area (Å²) in [5, 5.41) is 7.16. The van der Waals surface area contributed by atoms with Gasteiger partial charge in [-0.25, -0.2) is 15.0 Å². The Hall–Kier alpha value is -8.35. The summed E-state index contributed by atoms with van der Waals surface area (Å²) in [7, 11) is 0. The number of nitrogens with zero attached hydrogens (tertiary/aromatic N) is 3. The fourth-order valence-corrected chi connectivity index (χ4v) is 8.87. The van der Waals surface area contributed by atoms with Crippen LogP contribution in [0.15, 0.2) is 196 Å². The van der Waals surface area contributed by atoms with Crippen LogP contribution in [-0.2, 0) is 0 Å². The van der Waals surface area contributed by atoms with Gasteiger partial charge in [-0.3, -0.25) is 0 Å². The largest absolute Gasteiger partial charge is 0.456 e. The summed E-state index contributed by atoms with van der Waals surface area (Å²) in [6.07, 6.45) is 5.56. The molecule has 4 heterocycles. The smallest absolute Gasteiger partial charge is 0.164 e. The van der Waals surface area contributed by atoms with Crippen molar-refractivity contribution in [1.29, 1.82) is 0 Å². The molecule has 0 bridgehead atoms. The van der Waals surface area contributed by atoms with Crippen molar-refractivity contribution in [3.05, 3.63) is 194 Å². The first-order valence-electron chi connectivity index (χ1n) is 20.6. The Morgan fingerprint density at radius 3 is 1.84 bits per heavy atom. The first-order valence-corrected chi connectivity index (χ1v) is 20.6. The Labute approximate surface area is 355 Å². The van der Waals surface area contributed by atoms with Gasteiger partial charge in [0.05, 0.1) is 0 Å². The summed E-state index contributed by atoms with van der Waals surface area (Å²) in [5.74, 6) is 2.38. The van der Waals surface area contributed by atoms with Crippen LogP contribution in [0.3, 0.4) is 0 Å². The lowest BCUT2D eigenvalue weighted by atomic mass is 9.93. The van der Waals surface area contributed by atoms with Gasteiger partial charge in [-0.1, -0.05) is 146 Å². The summed E-state index contributed by atoms with van der Waals surface area (Å²) < 4.78 is 19.7. The third-order valence-electron chi connectivity index (χ3n) is 11.9. The van der Waals surface area contributed by atoms with Crippen LogP contribution >= 0.6 is 0 Å². The van der Waals surface area contributed by atoms with Crippen molar-refractivity contribution in [1.82, 2.24) is 15.0 Å². The highest BCUT2D eigenvalue weighted by molar-refractivity contribution is 6.22. The Morgan fingerprint density at radius 2 is 1.05 bits per heavy atom. The van der Waals surface area contributed by atoms with Crippen molar-refractivity contribution in [3.63, 3.8) is 0 Å². The first-order chi connectivity index (χ1) is 30.6. The molecule has 0 spiro atoms. The minimum atomic E-state index is 0.523. The number of para-hydroxylation sites is 2. The number of allylic oxidation sites excluding steroid dienone is 2. The van der Waals surface area contributed by atoms with Crippen LogP contribution < -0.4 is 0 Å². The molecule has 6 heteroatoms. The van der Waals surface area contributed by atoms with Crippen LogP contribution in [0.25, 0.3) is 128 Å². The van der Waals surface area contributed by atoms with Crippen molar-refractivity contribution >= 4 is 71.7 Å². The van der Waals surface area contributed by atoms with Crippen LogP contribution in [0.1, 0.15) is 11.3 Å². The molecule has 0 saturated carbocycles. The van der Waals surface area contributed by atoms with E-state index in [1.54, 1.807) is 6.08 Å². The Morgan fingerprint density at radius 1 is 0.435 bits per heavy atom. The maximum Gasteiger partial charge on any atom is 0.164 e. The second kappa shape index (κ2) is 14.1.